The molecule has 2 rings (SSSR count). The Hall–Kier alpha value is -1.03. The van der Waals surface area contributed by atoms with Crippen molar-refractivity contribution in [1.82, 2.24) is 15.1 Å². The average Bonchev–Trinajstić information content (AvgIpc) is 2.45. The van der Waals surface area contributed by atoms with Crippen LogP contribution in [0.4, 0.5) is 5.69 Å². The largest absolute Gasteiger partial charge is 0.396 e. The van der Waals surface area contributed by atoms with E-state index in [9.17, 15) is 0 Å². The van der Waals surface area contributed by atoms with E-state index < -0.39 is 0 Å². The van der Waals surface area contributed by atoms with Gasteiger partial charge in [0.1, 0.15) is 0 Å². The van der Waals surface area contributed by atoms with E-state index in [1.807, 2.05) is 4.68 Å². The molecule has 4 nitrogen and oxygen atoms in total. The van der Waals surface area contributed by atoms with E-state index in [1.165, 1.54) is 19.3 Å². The molecule has 1 aromatic rings. The maximum atomic E-state index is 5.90. The van der Waals surface area contributed by atoms with Crippen LogP contribution in [0.1, 0.15) is 44.8 Å². The van der Waals surface area contributed by atoms with Crippen molar-refractivity contribution in [3.05, 3.63) is 11.9 Å². The van der Waals surface area contributed by atoms with Crippen molar-refractivity contribution < 1.29 is 0 Å². The second kappa shape index (κ2) is 4.23. The van der Waals surface area contributed by atoms with Gasteiger partial charge in [0, 0.05) is 18.6 Å². The SMILES string of the molecule is CC(C)n1ncc(N)c1CNC1CCC1. The fourth-order valence-electron chi connectivity index (χ4n) is 1.88. The first-order valence-corrected chi connectivity index (χ1v) is 5.73. The first-order valence-electron chi connectivity index (χ1n) is 5.73. The molecule has 0 spiro atoms. The molecule has 4 heteroatoms. The monoisotopic (exact) mass is 208 g/mol. The van der Waals surface area contributed by atoms with Gasteiger partial charge in [0.15, 0.2) is 0 Å². The molecule has 0 amide bonds. The fraction of sp³-hybridized carbons (Fsp3) is 0.727. The lowest BCUT2D eigenvalue weighted by molar-refractivity contribution is 0.332. The second-order valence-electron chi connectivity index (χ2n) is 4.59. The lowest BCUT2D eigenvalue weighted by atomic mass is 9.93. The Bertz CT molecular complexity index is 325. The molecule has 0 aromatic carbocycles. The topological polar surface area (TPSA) is 55.9 Å². The minimum Gasteiger partial charge on any atom is -0.396 e. The zero-order valence-corrected chi connectivity index (χ0v) is 9.53. The van der Waals surface area contributed by atoms with Crippen molar-refractivity contribution in [2.75, 3.05) is 5.73 Å². The number of rotatable bonds is 4. The smallest absolute Gasteiger partial charge is 0.0754 e. The normalized spacial score (nSPS) is 17.0. The first kappa shape index (κ1) is 10.5. The maximum absolute atomic E-state index is 5.90. The van der Waals surface area contributed by atoms with E-state index in [0.717, 1.165) is 17.9 Å². The van der Waals surface area contributed by atoms with Crippen molar-refractivity contribution in [2.24, 2.45) is 0 Å². The molecule has 0 bridgehead atoms. The third-order valence-corrected chi connectivity index (χ3v) is 3.08. The number of aromatic nitrogens is 2. The van der Waals surface area contributed by atoms with Gasteiger partial charge in [0.25, 0.3) is 0 Å². The standard InChI is InChI=1S/C11H20N4/c1-8(2)15-11(10(12)6-14-15)7-13-9-4-3-5-9/h6,8-9,13H,3-5,7,12H2,1-2H3. The van der Waals surface area contributed by atoms with Gasteiger partial charge in [0.2, 0.25) is 0 Å². The van der Waals surface area contributed by atoms with Gasteiger partial charge in [0.05, 0.1) is 17.6 Å². The fourth-order valence-corrected chi connectivity index (χ4v) is 1.88. The number of nitrogens with two attached hydrogens (primary N) is 1. The van der Waals surface area contributed by atoms with Crippen LogP contribution in [-0.2, 0) is 6.54 Å². The van der Waals surface area contributed by atoms with Gasteiger partial charge in [-0.15, -0.1) is 0 Å². The number of nitrogens with zero attached hydrogens (tertiary/aromatic N) is 2. The molecule has 0 radical (unpaired) electrons. The third kappa shape index (κ3) is 2.15. The van der Waals surface area contributed by atoms with E-state index in [0.29, 0.717) is 12.1 Å². The van der Waals surface area contributed by atoms with Crippen LogP contribution in [0.5, 0.6) is 0 Å². The Morgan fingerprint density at radius 2 is 2.33 bits per heavy atom. The van der Waals surface area contributed by atoms with Crippen LogP contribution in [0, 0.1) is 0 Å². The van der Waals surface area contributed by atoms with Crippen LogP contribution in [0.3, 0.4) is 0 Å². The molecule has 1 aliphatic carbocycles. The summed E-state index contributed by atoms with van der Waals surface area (Å²) in [6, 6.07) is 1.07. The molecule has 1 fully saturated rings. The molecule has 1 heterocycles. The van der Waals surface area contributed by atoms with Crippen LogP contribution in [0.25, 0.3) is 0 Å². The van der Waals surface area contributed by atoms with Gasteiger partial charge < -0.3 is 11.1 Å². The van der Waals surface area contributed by atoms with Crippen LogP contribution < -0.4 is 11.1 Å². The van der Waals surface area contributed by atoms with Gasteiger partial charge in [-0.1, -0.05) is 6.42 Å². The summed E-state index contributed by atoms with van der Waals surface area (Å²) in [6.07, 6.45) is 5.71. The predicted molar refractivity (Wildman–Crippen MR) is 61.5 cm³/mol. The average molecular weight is 208 g/mol. The molecule has 0 saturated heterocycles. The zero-order valence-electron chi connectivity index (χ0n) is 9.53. The second-order valence-corrected chi connectivity index (χ2v) is 4.59. The van der Waals surface area contributed by atoms with Crippen molar-refractivity contribution in [3.8, 4) is 0 Å². The lowest BCUT2D eigenvalue weighted by Crippen LogP contribution is -2.35. The quantitative estimate of drug-likeness (QED) is 0.791. The summed E-state index contributed by atoms with van der Waals surface area (Å²) in [6.45, 7) is 5.09. The Balaban J connectivity index is 2.01. The molecule has 0 aliphatic heterocycles. The van der Waals surface area contributed by atoms with E-state index in [2.05, 4.69) is 24.3 Å². The van der Waals surface area contributed by atoms with E-state index in [-0.39, 0.29) is 0 Å². The maximum Gasteiger partial charge on any atom is 0.0754 e. The summed E-state index contributed by atoms with van der Waals surface area (Å²) < 4.78 is 2.00. The highest BCUT2D eigenvalue weighted by molar-refractivity contribution is 5.41. The van der Waals surface area contributed by atoms with E-state index in [1.54, 1.807) is 6.20 Å². The molecule has 3 N–H and O–H groups in total. The molecule has 1 aliphatic rings. The molecule has 15 heavy (non-hydrogen) atoms. The molecule has 0 atom stereocenters. The van der Waals surface area contributed by atoms with Gasteiger partial charge >= 0.3 is 0 Å². The predicted octanol–water partition coefficient (Wildman–Crippen LogP) is 1.69. The van der Waals surface area contributed by atoms with Crippen molar-refractivity contribution in [1.29, 1.82) is 0 Å². The van der Waals surface area contributed by atoms with E-state index >= 15 is 0 Å². The Morgan fingerprint density at radius 3 is 2.87 bits per heavy atom. The Morgan fingerprint density at radius 1 is 1.60 bits per heavy atom. The highest BCUT2D eigenvalue weighted by Crippen LogP contribution is 2.20. The van der Waals surface area contributed by atoms with Crippen molar-refractivity contribution in [2.45, 2.75) is 51.7 Å². The summed E-state index contributed by atoms with van der Waals surface area (Å²) in [5.41, 5.74) is 7.83. The number of nitrogen functional groups attached to an aromatic ring is 1. The summed E-state index contributed by atoms with van der Waals surface area (Å²) >= 11 is 0. The highest BCUT2D eigenvalue weighted by atomic mass is 15.3. The number of anilines is 1. The highest BCUT2D eigenvalue weighted by Gasteiger charge is 2.18. The first-order chi connectivity index (χ1) is 7.18. The van der Waals surface area contributed by atoms with Gasteiger partial charge in [-0.25, -0.2) is 0 Å². The summed E-state index contributed by atoms with van der Waals surface area (Å²) in [5, 5.41) is 7.81. The number of nitrogens with one attached hydrogen (secondary N) is 1. The minimum absolute atomic E-state index is 0.375. The van der Waals surface area contributed by atoms with Gasteiger partial charge in [-0.05, 0) is 26.7 Å². The molecule has 84 valence electrons. The minimum atomic E-state index is 0.375. The molecule has 1 aromatic heterocycles. The Kier molecular flexibility index (Phi) is 2.95. The van der Waals surface area contributed by atoms with Gasteiger partial charge in [-0.3, -0.25) is 4.68 Å². The third-order valence-electron chi connectivity index (χ3n) is 3.08. The Labute approximate surface area is 90.8 Å². The number of hydrogen-bond acceptors (Lipinski definition) is 3. The summed E-state index contributed by atoms with van der Waals surface area (Å²) in [4.78, 5) is 0. The van der Waals surface area contributed by atoms with Crippen LogP contribution >= 0.6 is 0 Å². The number of hydrogen-bond donors (Lipinski definition) is 2. The lowest BCUT2D eigenvalue weighted by Gasteiger charge is -2.27. The van der Waals surface area contributed by atoms with Crippen molar-refractivity contribution >= 4 is 5.69 Å². The molecule has 0 unspecified atom stereocenters. The zero-order chi connectivity index (χ0) is 10.8. The summed E-state index contributed by atoms with van der Waals surface area (Å²) in [5.74, 6) is 0. The van der Waals surface area contributed by atoms with Crippen LogP contribution in [0.15, 0.2) is 6.20 Å². The molecular formula is C11H20N4. The summed E-state index contributed by atoms with van der Waals surface area (Å²) in [7, 11) is 0. The van der Waals surface area contributed by atoms with Crippen LogP contribution in [0.2, 0.25) is 0 Å². The molecular weight excluding hydrogens is 188 g/mol. The van der Waals surface area contributed by atoms with E-state index in [4.69, 9.17) is 5.73 Å². The van der Waals surface area contributed by atoms with Crippen LogP contribution in [-0.4, -0.2) is 15.8 Å². The van der Waals surface area contributed by atoms with Crippen molar-refractivity contribution in [3.63, 3.8) is 0 Å². The molecule has 1 saturated carbocycles. The van der Waals surface area contributed by atoms with Gasteiger partial charge in [-0.2, -0.15) is 5.10 Å².